The molecule has 1 rings (SSSR count). The van der Waals surface area contributed by atoms with E-state index < -0.39 is 48.2 Å². The molecule has 0 saturated heterocycles. The first kappa shape index (κ1) is 27.8. The molecule has 0 aromatic heterocycles. The standard InChI is InChI=1S/C15H17N3O7.C2HF3O2/c1-7(19)24-11(12(15(22)23)25-8(2)20)14(21)18-10-5-3-9(4-6-10)13(16)17;3-2(4,5)1(6)7/h3-6,11-12H,1-2H3,(H3,16,17)(H,18,21)(H,22,23);(H,6,7)/t11-,12-;/m1./s1. The number of amides is 1. The summed E-state index contributed by atoms with van der Waals surface area (Å²) in [7, 11) is 0. The van der Waals surface area contributed by atoms with Crippen LogP contribution in [0.25, 0.3) is 0 Å². The number of rotatable bonds is 7. The number of carbonyl (C=O) groups excluding carboxylic acids is 3. The molecule has 0 bridgehead atoms. The summed E-state index contributed by atoms with van der Waals surface area (Å²) in [6, 6.07) is 5.75. The molecular formula is C17H18F3N3O9. The van der Waals surface area contributed by atoms with E-state index in [0.29, 0.717) is 5.56 Å². The minimum Gasteiger partial charge on any atom is -0.478 e. The number of hydrogen-bond donors (Lipinski definition) is 5. The van der Waals surface area contributed by atoms with Crippen LogP contribution in [0.1, 0.15) is 19.4 Å². The summed E-state index contributed by atoms with van der Waals surface area (Å²) in [4.78, 5) is 54.6. The number of anilines is 1. The highest BCUT2D eigenvalue weighted by molar-refractivity contribution is 6.00. The normalized spacial score (nSPS) is 12.2. The van der Waals surface area contributed by atoms with Crippen molar-refractivity contribution in [2.45, 2.75) is 32.2 Å². The SMILES string of the molecule is CC(=O)O[C@@H](C(=O)O)[C@@H](OC(C)=O)C(=O)Nc1ccc(C(=N)N)cc1.O=C(O)C(F)(F)F. The van der Waals surface area contributed by atoms with Crippen LogP contribution in [0.5, 0.6) is 0 Å². The van der Waals surface area contributed by atoms with Crippen LogP contribution in [0.15, 0.2) is 24.3 Å². The number of carboxylic acids is 2. The van der Waals surface area contributed by atoms with Crippen molar-refractivity contribution in [3.63, 3.8) is 0 Å². The molecule has 0 aliphatic heterocycles. The average Bonchev–Trinajstić information content (AvgIpc) is 2.64. The third-order valence-electron chi connectivity index (χ3n) is 3.07. The summed E-state index contributed by atoms with van der Waals surface area (Å²) in [5, 5.41) is 25.9. The first-order valence-corrected chi connectivity index (χ1v) is 8.19. The number of aliphatic carboxylic acids is 2. The van der Waals surface area contributed by atoms with Crippen LogP contribution in [0.2, 0.25) is 0 Å². The van der Waals surface area contributed by atoms with Gasteiger partial charge in [-0.05, 0) is 24.3 Å². The van der Waals surface area contributed by atoms with Crippen molar-refractivity contribution in [2.24, 2.45) is 5.73 Å². The predicted molar refractivity (Wildman–Crippen MR) is 98.5 cm³/mol. The highest BCUT2D eigenvalue weighted by Crippen LogP contribution is 2.14. The fourth-order valence-electron chi connectivity index (χ4n) is 1.80. The van der Waals surface area contributed by atoms with Crippen LogP contribution in [-0.2, 0) is 33.4 Å². The van der Waals surface area contributed by atoms with E-state index in [0.717, 1.165) is 13.8 Å². The number of amidine groups is 1. The Labute approximate surface area is 177 Å². The third-order valence-corrected chi connectivity index (χ3v) is 3.07. The molecule has 0 saturated carbocycles. The maximum atomic E-state index is 12.3. The van der Waals surface area contributed by atoms with Gasteiger partial charge in [-0.3, -0.25) is 19.8 Å². The second kappa shape index (κ2) is 11.9. The number of halogens is 3. The molecule has 6 N–H and O–H groups in total. The molecule has 32 heavy (non-hydrogen) atoms. The Kier molecular flexibility index (Phi) is 10.3. The lowest BCUT2D eigenvalue weighted by Gasteiger charge is -2.22. The van der Waals surface area contributed by atoms with Crippen molar-refractivity contribution in [3.8, 4) is 0 Å². The van der Waals surface area contributed by atoms with Crippen LogP contribution in [0.4, 0.5) is 18.9 Å². The number of hydrogen-bond acceptors (Lipinski definition) is 8. The summed E-state index contributed by atoms with van der Waals surface area (Å²) < 4.78 is 41.0. The Morgan fingerprint density at radius 1 is 0.969 bits per heavy atom. The topological polar surface area (TPSA) is 206 Å². The average molecular weight is 465 g/mol. The Bertz CT molecular complexity index is 885. The van der Waals surface area contributed by atoms with Crippen LogP contribution in [0, 0.1) is 5.41 Å². The summed E-state index contributed by atoms with van der Waals surface area (Å²) in [5.41, 5.74) is 5.96. The molecule has 2 atom stereocenters. The highest BCUT2D eigenvalue weighted by atomic mass is 19.4. The van der Waals surface area contributed by atoms with E-state index in [1.54, 1.807) is 0 Å². The lowest BCUT2D eigenvalue weighted by molar-refractivity contribution is -0.192. The van der Waals surface area contributed by atoms with Crippen molar-refractivity contribution >= 4 is 41.3 Å². The summed E-state index contributed by atoms with van der Waals surface area (Å²) in [6.45, 7) is 1.94. The van der Waals surface area contributed by atoms with Gasteiger partial charge in [-0.25, -0.2) is 9.59 Å². The molecular weight excluding hydrogens is 447 g/mol. The van der Waals surface area contributed by atoms with E-state index in [4.69, 9.17) is 30.9 Å². The number of carboxylic acid groups (broad SMARTS) is 2. The van der Waals surface area contributed by atoms with Gasteiger partial charge in [0.1, 0.15) is 5.84 Å². The first-order chi connectivity index (χ1) is 14.6. The third kappa shape index (κ3) is 10.0. The van der Waals surface area contributed by atoms with Gasteiger partial charge in [0, 0.05) is 25.1 Å². The minimum absolute atomic E-state index is 0.170. The van der Waals surface area contributed by atoms with Gasteiger partial charge in [-0.15, -0.1) is 0 Å². The smallest absolute Gasteiger partial charge is 0.478 e. The molecule has 0 aliphatic carbocycles. The van der Waals surface area contributed by atoms with Crippen molar-refractivity contribution in [2.75, 3.05) is 5.32 Å². The molecule has 0 radical (unpaired) electrons. The van der Waals surface area contributed by atoms with E-state index in [-0.39, 0.29) is 11.5 Å². The minimum atomic E-state index is -5.08. The van der Waals surface area contributed by atoms with Gasteiger partial charge < -0.3 is 30.7 Å². The van der Waals surface area contributed by atoms with E-state index in [9.17, 15) is 32.3 Å². The van der Waals surface area contributed by atoms with E-state index in [1.165, 1.54) is 24.3 Å². The van der Waals surface area contributed by atoms with Crippen LogP contribution >= 0.6 is 0 Å². The zero-order chi connectivity index (χ0) is 25.2. The highest BCUT2D eigenvalue weighted by Gasteiger charge is 2.39. The van der Waals surface area contributed by atoms with E-state index >= 15 is 0 Å². The number of esters is 2. The number of alkyl halides is 3. The number of benzene rings is 1. The fraction of sp³-hybridized carbons (Fsp3) is 0.294. The molecule has 1 amide bonds. The number of nitrogen functional groups attached to an aromatic ring is 1. The van der Waals surface area contributed by atoms with E-state index in [2.05, 4.69) is 10.1 Å². The summed E-state index contributed by atoms with van der Waals surface area (Å²) in [6.07, 6.45) is -8.97. The number of carbonyl (C=O) groups is 5. The maximum absolute atomic E-state index is 12.3. The second-order valence-corrected chi connectivity index (χ2v) is 5.68. The molecule has 0 aliphatic rings. The lowest BCUT2D eigenvalue weighted by atomic mass is 10.1. The molecule has 1 aromatic rings. The lowest BCUT2D eigenvalue weighted by Crippen LogP contribution is -2.47. The van der Waals surface area contributed by atoms with Gasteiger partial charge in [-0.1, -0.05) is 0 Å². The number of nitrogens with one attached hydrogen (secondary N) is 2. The molecule has 0 spiro atoms. The molecule has 12 nitrogen and oxygen atoms in total. The second-order valence-electron chi connectivity index (χ2n) is 5.68. The van der Waals surface area contributed by atoms with Crippen LogP contribution in [0.3, 0.4) is 0 Å². The Hall–Kier alpha value is -4.17. The zero-order valence-corrected chi connectivity index (χ0v) is 16.4. The molecule has 0 heterocycles. The Morgan fingerprint density at radius 3 is 1.69 bits per heavy atom. The van der Waals surface area contributed by atoms with Crippen molar-refractivity contribution in [1.82, 2.24) is 0 Å². The van der Waals surface area contributed by atoms with Gasteiger partial charge in [0.05, 0.1) is 0 Å². The van der Waals surface area contributed by atoms with E-state index in [1.807, 2.05) is 0 Å². The number of nitrogens with two attached hydrogens (primary N) is 1. The van der Waals surface area contributed by atoms with Crippen LogP contribution in [-0.4, -0.2) is 64.2 Å². The maximum Gasteiger partial charge on any atom is 0.490 e. The van der Waals surface area contributed by atoms with Gasteiger partial charge in [-0.2, -0.15) is 13.2 Å². The number of ether oxygens (including phenoxy) is 2. The van der Waals surface area contributed by atoms with Crippen LogP contribution < -0.4 is 11.1 Å². The zero-order valence-electron chi connectivity index (χ0n) is 16.4. The monoisotopic (exact) mass is 465 g/mol. The van der Waals surface area contributed by atoms with Gasteiger partial charge >= 0.3 is 30.1 Å². The fourth-order valence-corrected chi connectivity index (χ4v) is 1.80. The van der Waals surface area contributed by atoms with Crippen molar-refractivity contribution in [3.05, 3.63) is 29.8 Å². The quantitative estimate of drug-likeness (QED) is 0.214. The van der Waals surface area contributed by atoms with Gasteiger partial charge in [0.2, 0.25) is 12.2 Å². The van der Waals surface area contributed by atoms with Crippen molar-refractivity contribution in [1.29, 1.82) is 5.41 Å². The Balaban J connectivity index is 0.00000118. The molecule has 176 valence electrons. The van der Waals surface area contributed by atoms with Gasteiger partial charge in [0.15, 0.2) is 0 Å². The van der Waals surface area contributed by atoms with Crippen molar-refractivity contribution < 1.29 is 56.8 Å². The predicted octanol–water partition coefficient (Wildman–Crippen LogP) is 0.490. The first-order valence-electron chi connectivity index (χ1n) is 8.19. The summed E-state index contributed by atoms with van der Waals surface area (Å²) in [5.74, 6) is -7.46. The molecule has 0 unspecified atom stereocenters. The molecule has 1 aromatic carbocycles. The summed E-state index contributed by atoms with van der Waals surface area (Å²) >= 11 is 0. The molecule has 0 fully saturated rings. The largest absolute Gasteiger partial charge is 0.490 e. The van der Waals surface area contributed by atoms with Gasteiger partial charge in [0.25, 0.3) is 5.91 Å². The Morgan fingerprint density at radius 2 is 1.38 bits per heavy atom. The molecule has 15 heteroatoms.